The molecule has 176 valence electrons. The Morgan fingerprint density at radius 3 is 2.63 bits per heavy atom. The Bertz CT molecular complexity index is 1540. The van der Waals surface area contributed by atoms with Gasteiger partial charge in [0.05, 0.1) is 12.7 Å². The van der Waals surface area contributed by atoms with Crippen LogP contribution in [0, 0.1) is 24.0 Å². The summed E-state index contributed by atoms with van der Waals surface area (Å²) in [6, 6.07) is 6.13. The first kappa shape index (κ1) is 21.5. The third-order valence-electron chi connectivity index (χ3n) is 6.83. The van der Waals surface area contributed by atoms with Crippen LogP contribution in [-0.4, -0.2) is 52.3 Å². The van der Waals surface area contributed by atoms with Gasteiger partial charge in [-0.2, -0.15) is 0 Å². The Kier molecular flexibility index (Phi) is 4.93. The largest absolute Gasteiger partial charge is 0.508 e. The molecule has 35 heavy (non-hydrogen) atoms. The smallest absolute Gasteiger partial charge is 0.227 e. The molecule has 9 heteroatoms. The van der Waals surface area contributed by atoms with Gasteiger partial charge in [0.2, 0.25) is 5.88 Å². The van der Waals surface area contributed by atoms with Crippen LogP contribution in [0.5, 0.6) is 11.6 Å². The summed E-state index contributed by atoms with van der Waals surface area (Å²) in [5, 5.41) is 15.0. The molecule has 4 aromatic rings. The predicted molar refractivity (Wildman–Crippen MR) is 129 cm³/mol. The van der Waals surface area contributed by atoms with Crippen molar-refractivity contribution in [1.82, 2.24) is 20.3 Å². The van der Waals surface area contributed by atoms with Gasteiger partial charge < -0.3 is 20.1 Å². The number of hydrogen-bond acceptors (Lipinski definition) is 7. The van der Waals surface area contributed by atoms with E-state index in [0.29, 0.717) is 28.7 Å². The van der Waals surface area contributed by atoms with Crippen molar-refractivity contribution >= 4 is 27.5 Å². The number of fused-ring (bicyclic) bond motifs is 4. The lowest BCUT2D eigenvalue weighted by Crippen LogP contribution is -2.51. The summed E-state index contributed by atoms with van der Waals surface area (Å²) in [6.07, 6.45) is 9.07. The molecule has 2 unspecified atom stereocenters. The van der Waals surface area contributed by atoms with E-state index in [9.17, 15) is 9.50 Å². The fraction of sp³-hybridized carbons (Fsp3) is 0.269. The second kappa shape index (κ2) is 8.03. The molecule has 2 N–H and O–H groups in total. The van der Waals surface area contributed by atoms with E-state index in [1.807, 2.05) is 0 Å². The van der Waals surface area contributed by atoms with Crippen LogP contribution in [0.4, 0.5) is 14.6 Å². The molecule has 0 spiro atoms. The quantitative estimate of drug-likeness (QED) is 0.439. The van der Waals surface area contributed by atoms with Gasteiger partial charge in [0.1, 0.15) is 40.3 Å². The first-order chi connectivity index (χ1) is 17.0. The van der Waals surface area contributed by atoms with Crippen LogP contribution in [0.15, 0.2) is 30.6 Å². The number of anilines is 1. The van der Waals surface area contributed by atoms with Gasteiger partial charge in [0, 0.05) is 36.1 Å². The van der Waals surface area contributed by atoms with Gasteiger partial charge in [-0.1, -0.05) is 12.0 Å². The molecule has 2 bridgehead atoms. The summed E-state index contributed by atoms with van der Waals surface area (Å²) < 4.78 is 36.3. The highest BCUT2D eigenvalue weighted by Crippen LogP contribution is 2.41. The summed E-state index contributed by atoms with van der Waals surface area (Å²) >= 11 is 0. The summed E-state index contributed by atoms with van der Waals surface area (Å²) in [5.41, 5.74) is -0.0248. The zero-order chi connectivity index (χ0) is 24.3. The third-order valence-corrected chi connectivity index (χ3v) is 6.83. The van der Waals surface area contributed by atoms with Crippen LogP contribution in [0.25, 0.3) is 32.9 Å². The van der Waals surface area contributed by atoms with E-state index in [1.54, 1.807) is 0 Å². The first-order valence-corrected chi connectivity index (χ1v) is 11.3. The second-order valence-corrected chi connectivity index (χ2v) is 8.91. The number of aromatic nitrogens is 3. The van der Waals surface area contributed by atoms with Gasteiger partial charge in [0.15, 0.2) is 5.82 Å². The Labute approximate surface area is 199 Å². The maximum atomic E-state index is 16.1. The number of terminal acetylenes is 1. The van der Waals surface area contributed by atoms with E-state index in [-0.39, 0.29) is 39.4 Å². The Morgan fingerprint density at radius 1 is 1.14 bits per heavy atom. The van der Waals surface area contributed by atoms with Crippen molar-refractivity contribution in [1.29, 1.82) is 0 Å². The van der Waals surface area contributed by atoms with Crippen molar-refractivity contribution in [3.63, 3.8) is 0 Å². The van der Waals surface area contributed by atoms with Gasteiger partial charge in [-0.25, -0.2) is 23.7 Å². The van der Waals surface area contributed by atoms with Crippen LogP contribution >= 0.6 is 0 Å². The number of piperazine rings is 1. The molecular formula is C26H21F2N5O2. The lowest BCUT2D eigenvalue weighted by atomic mass is 9.95. The molecule has 2 fully saturated rings. The number of nitrogens with one attached hydrogen (secondary N) is 1. The molecule has 2 atom stereocenters. The van der Waals surface area contributed by atoms with Gasteiger partial charge in [-0.05, 0) is 36.4 Å². The van der Waals surface area contributed by atoms with Gasteiger partial charge >= 0.3 is 0 Å². The van der Waals surface area contributed by atoms with E-state index in [4.69, 9.17) is 11.2 Å². The Balaban J connectivity index is 1.62. The van der Waals surface area contributed by atoms with Crippen molar-refractivity contribution in [2.24, 2.45) is 0 Å². The molecular weight excluding hydrogens is 452 g/mol. The summed E-state index contributed by atoms with van der Waals surface area (Å²) in [4.78, 5) is 15.3. The molecule has 0 radical (unpaired) electrons. The molecule has 2 saturated heterocycles. The van der Waals surface area contributed by atoms with Crippen molar-refractivity contribution in [2.45, 2.75) is 24.9 Å². The topological polar surface area (TPSA) is 83.4 Å². The highest BCUT2D eigenvalue weighted by molar-refractivity contribution is 6.04. The van der Waals surface area contributed by atoms with E-state index < -0.39 is 11.6 Å². The lowest BCUT2D eigenvalue weighted by molar-refractivity contribution is 0.402. The number of phenolic OH excluding ortho intramolecular Hbond substituents is 1. The first-order valence-electron chi connectivity index (χ1n) is 11.3. The molecule has 2 aromatic carbocycles. The predicted octanol–water partition coefficient (Wildman–Crippen LogP) is 3.76. The molecule has 2 aliphatic heterocycles. The van der Waals surface area contributed by atoms with Gasteiger partial charge in [0.25, 0.3) is 0 Å². The van der Waals surface area contributed by atoms with Crippen LogP contribution in [0.1, 0.15) is 18.4 Å². The normalized spacial score (nSPS) is 19.3. The number of benzene rings is 2. The number of aromatic hydroxyl groups is 1. The SMILES string of the molecule is C#Cc1c(F)ccc2cc(O)cc(-c3nc(OC)c4c(N5CC6CCC(C5)N6)ncnc4c3F)c12. The van der Waals surface area contributed by atoms with Crippen molar-refractivity contribution in [2.75, 3.05) is 25.1 Å². The third kappa shape index (κ3) is 3.33. The van der Waals surface area contributed by atoms with E-state index in [2.05, 4.69) is 31.1 Å². The monoisotopic (exact) mass is 473 g/mol. The maximum absolute atomic E-state index is 16.1. The Morgan fingerprint density at radius 2 is 1.91 bits per heavy atom. The van der Waals surface area contributed by atoms with E-state index in [1.165, 1.54) is 37.7 Å². The number of methoxy groups -OCH3 is 1. The Hall–Kier alpha value is -4.03. The molecule has 0 saturated carbocycles. The second-order valence-electron chi connectivity index (χ2n) is 8.91. The number of ether oxygens (including phenoxy) is 1. The highest BCUT2D eigenvalue weighted by Gasteiger charge is 2.34. The van der Waals surface area contributed by atoms with Crippen molar-refractivity contribution in [3.05, 3.63) is 47.8 Å². The van der Waals surface area contributed by atoms with E-state index in [0.717, 1.165) is 25.9 Å². The zero-order valence-corrected chi connectivity index (χ0v) is 18.8. The summed E-state index contributed by atoms with van der Waals surface area (Å²) in [6.45, 7) is 1.47. The molecule has 0 aliphatic carbocycles. The summed E-state index contributed by atoms with van der Waals surface area (Å²) in [5.74, 6) is 1.53. The average Bonchev–Trinajstić information content (AvgIpc) is 3.21. The molecule has 0 amide bonds. The number of phenols is 1. The van der Waals surface area contributed by atoms with Crippen molar-refractivity contribution in [3.8, 4) is 35.2 Å². The minimum Gasteiger partial charge on any atom is -0.508 e. The fourth-order valence-corrected chi connectivity index (χ4v) is 5.35. The van der Waals surface area contributed by atoms with Crippen LogP contribution in [0.2, 0.25) is 0 Å². The number of halogens is 2. The summed E-state index contributed by atoms with van der Waals surface area (Å²) in [7, 11) is 1.44. The van der Waals surface area contributed by atoms with Gasteiger partial charge in [-0.15, -0.1) is 6.42 Å². The number of pyridine rings is 1. The minimum absolute atomic E-state index is 0.0258. The molecule has 2 aliphatic rings. The highest BCUT2D eigenvalue weighted by atomic mass is 19.1. The number of hydrogen-bond donors (Lipinski definition) is 2. The van der Waals surface area contributed by atoms with Crippen LogP contribution in [-0.2, 0) is 0 Å². The zero-order valence-electron chi connectivity index (χ0n) is 18.8. The number of rotatable bonds is 3. The molecule has 6 rings (SSSR count). The molecule has 7 nitrogen and oxygen atoms in total. The fourth-order valence-electron chi connectivity index (χ4n) is 5.35. The van der Waals surface area contributed by atoms with Crippen LogP contribution in [0.3, 0.4) is 0 Å². The molecule has 4 heterocycles. The molecule has 2 aromatic heterocycles. The van der Waals surface area contributed by atoms with Crippen molar-refractivity contribution < 1.29 is 18.6 Å². The number of nitrogens with zero attached hydrogens (tertiary/aromatic N) is 4. The average molecular weight is 473 g/mol. The standard InChI is InChI=1S/C26H21F2N5O2/c1-3-17-19(27)7-4-13-8-16(34)9-18(20(13)17)23-22(28)24-21(26(32-23)35-2)25(30-12-29-24)33-10-14-5-6-15(11-33)31-14/h1,4,7-9,12,14-15,31,34H,5-6,10-11H2,2H3. The van der Waals surface area contributed by atoms with E-state index >= 15 is 4.39 Å². The minimum atomic E-state index is -0.735. The van der Waals surface area contributed by atoms with Gasteiger partial charge in [-0.3, -0.25) is 0 Å². The lowest BCUT2D eigenvalue weighted by Gasteiger charge is -2.34. The maximum Gasteiger partial charge on any atom is 0.227 e. The van der Waals surface area contributed by atoms with Crippen LogP contribution < -0.4 is 15.0 Å².